The van der Waals surface area contributed by atoms with Gasteiger partial charge in [-0.2, -0.15) is 0 Å². The van der Waals surface area contributed by atoms with E-state index in [-0.39, 0.29) is 6.04 Å². The van der Waals surface area contributed by atoms with Crippen molar-refractivity contribution in [1.82, 2.24) is 5.32 Å². The maximum Gasteiger partial charge on any atom is 0.0344 e. The van der Waals surface area contributed by atoms with Crippen molar-refractivity contribution in [2.24, 2.45) is 5.73 Å². The summed E-state index contributed by atoms with van der Waals surface area (Å²) >= 11 is 1.83. The molecule has 1 aromatic heterocycles. The molecule has 3 atom stereocenters. The minimum atomic E-state index is 0.183. The molecule has 2 aromatic rings. The van der Waals surface area contributed by atoms with Crippen LogP contribution < -0.4 is 11.1 Å². The van der Waals surface area contributed by atoms with E-state index < -0.39 is 0 Å². The highest BCUT2D eigenvalue weighted by molar-refractivity contribution is 7.09. The molecule has 2 nitrogen and oxygen atoms in total. The summed E-state index contributed by atoms with van der Waals surface area (Å²) in [6.45, 7) is 2.26. The fraction of sp³-hybridized carbons (Fsp3) is 0.375. The number of benzene rings is 1. The van der Waals surface area contributed by atoms with Crippen LogP contribution in [0.15, 0.2) is 41.8 Å². The number of hydrogen-bond donors (Lipinski definition) is 2. The summed E-state index contributed by atoms with van der Waals surface area (Å²) in [6, 6.07) is 13.9. The highest BCUT2D eigenvalue weighted by atomic mass is 32.1. The van der Waals surface area contributed by atoms with Crippen LogP contribution in [-0.2, 0) is 6.42 Å². The van der Waals surface area contributed by atoms with Gasteiger partial charge < -0.3 is 11.1 Å². The lowest BCUT2D eigenvalue weighted by Crippen LogP contribution is -2.31. The molecule has 0 radical (unpaired) electrons. The minimum absolute atomic E-state index is 0.183. The van der Waals surface area contributed by atoms with Crippen LogP contribution in [0.3, 0.4) is 0 Å². The van der Waals surface area contributed by atoms with Gasteiger partial charge in [0.05, 0.1) is 0 Å². The predicted octanol–water partition coefficient (Wildman–Crippen LogP) is 3.41. The first-order valence-electron chi connectivity index (χ1n) is 6.87. The summed E-state index contributed by atoms with van der Waals surface area (Å²) in [5, 5.41) is 5.87. The Bertz CT molecular complexity index is 535. The Morgan fingerprint density at radius 3 is 2.79 bits per heavy atom. The third-order valence-corrected chi connectivity index (χ3v) is 4.73. The Balaban J connectivity index is 1.68. The van der Waals surface area contributed by atoms with E-state index in [0.717, 1.165) is 12.8 Å². The molecule has 100 valence electrons. The fourth-order valence-electron chi connectivity index (χ4n) is 2.96. The summed E-state index contributed by atoms with van der Waals surface area (Å²) in [7, 11) is 0. The second kappa shape index (κ2) is 5.45. The molecule has 1 heterocycles. The van der Waals surface area contributed by atoms with Gasteiger partial charge in [0.1, 0.15) is 0 Å². The molecule has 0 amide bonds. The standard InChI is InChI=1S/C16H20N2S/c1-11(9-12-5-4-8-19-12)18-16-10-15(17)13-6-2-3-7-14(13)16/h2-8,11,15-16,18H,9-10,17H2,1H3. The SMILES string of the molecule is CC(Cc1cccs1)NC1CC(N)c2ccccc21. The van der Waals surface area contributed by atoms with E-state index in [1.54, 1.807) is 0 Å². The molecule has 1 aromatic carbocycles. The molecule has 0 saturated carbocycles. The van der Waals surface area contributed by atoms with Crippen molar-refractivity contribution in [2.45, 2.75) is 37.9 Å². The second-order valence-corrected chi connectivity index (χ2v) is 6.41. The quantitative estimate of drug-likeness (QED) is 0.895. The molecule has 3 unspecified atom stereocenters. The maximum atomic E-state index is 6.21. The Labute approximate surface area is 118 Å². The lowest BCUT2D eigenvalue weighted by molar-refractivity contribution is 0.436. The van der Waals surface area contributed by atoms with Gasteiger partial charge in [-0.25, -0.2) is 0 Å². The Hall–Kier alpha value is -1.16. The van der Waals surface area contributed by atoms with Crippen LogP contribution >= 0.6 is 11.3 Å². The predicted molar refractivity (Wildman–Crippen MR) is 81.3 cm³/mol. The van der Waals surface area contributed by atoms with Crippen LogP contribution in [0.4, 0.5) is 0 Å². The van der Waals surface area contributed by atoms with Crippen molar-refractivity contribution >= 4 is 11.3 Å². The monoisotopic (exact) mass is 272 g/mol. The normalized spacial score (nSPS) is 23.3. The molecule has 1 aliphatic carbocycles. The summed E-state index contributed by atoms with van der Waals surface area (Å²) in [6.07, 6.45) is 2.10. The number of thiophene rings is 1. The number of fused-ring (bicyclic) bond motifs is 1. The van der Waals surface area contributed by atoms with Crippen molar-refractivity contribution in [3.8, 4) is 0 Å². The highest BCUT2D eigenvalue weighted by Crippen LogP contribution is 2.37. The van der Waals surface area contributed by atoms with E-state index in [1.807, 2.05) is 11.3 Å². The van der Waals surface area contributed by atoms with E-state index in [1.165, 1.54) is 16.0 Å². The number of rotatable bonds is 4. The Kier molecular flexibility index (Phi) is 3.69. The summed E-state index contributed by atoms with van der Waals surface area (Å²) in [4.78, 5) is 1.44. The number of nitrogens with two attached hydrogens (primary N) is 1. The summed E-state index contributed by atoms with van der Waals surface area (Å²) in [5.74, 6) is 0. The first kappa shape index (κ1) is 12.9. The van der Waals surface area contributed by atoms with Crippen molar-refractivity contribution < 1.29 is 0 Å². The van der Waals surface area contributed by atoms with Crippen LogP contribution in [0.2, 0.25) is 0 Å². The molecule has 19 heavy (non-hydrogen) atoms. The molecule has 0 bridgehead atoms. The molecule has 3 rings (SSSR count). The van der Waals surface area contributed by atoms with Crippen LogP contribution in [0.5, 0.6) is 0 Å². The number of nitrogens with one attached hydrogen (secondary N) is 1. The average Bonchev–Trinajstić information content (AvgIpc) is 3.00. The zero-order valence-electron chi connectivity index (χ0n) is 11.2. The van der Waals surface area contributed by atoms with Crippen LogP contribution in [0.1, 0.15) is 41.4 Å². The molecular weight excluding hydrogens is 252 g/mol. The zero-order valence-corrected chi connectivity index (χ0v) is 12.0. The minimum Gasteiger partial charge on any atom is -0.324 e. The van der Waals surface area contributed by atoms with Gasteiger partial charge in [0.25, 0.3) is 0 Å². The van der Waals surface area contributed by atoms with Crippen molar-refractivity contribution in [3.05, 3.63) is 57.8 Å². The van der Waals surface area contributed by atoms with Gasteiger partial charge in [0, 0.05) is 23.0 Å². The van der Waals surface area contributed by atoms with Gasteiger partial charge in [-0.1, -0.05) is 30.3 Å². The van der Waals surface area contributed by atoms with E-state index in [2.05, 4.69) is 54.0 Å². The summed E-state index contributed by atoms with van der Waals surface area (Å²) in [5.41, 5.74) is 8.90. The molecule has 3 N–H and O–H groups in total. The number of hydrogen-bond acceptors (Lipinski definition) is 3. The zero-order chi connectivity index (χ0) is 13.2. The Morgan fingerprint density at radius 1 is 1.26 bits per heavy atom. The van der Waals surface area contributed by atoms with Gasteiger partial charge in [0.2, 0.25) is 0 Å². The molecule has 0 fully saturated rings. The smallest absolute Gasteiger partial charge is 0.0344 e. The van der Waals surface area contributed by atoms with Crippen molar-refractivity contribution in [1.29, 1.82) is 0 Å². The lowest BCUT2D eigenvalue weighted by atomic mass is 10.1. The van der Waals surface area contributed by atoms with Crippen LogP contribution in [0.25, 0.3) is 0 Å². The van der Waals surface area contributed by atoms with Gasteiger partial charge in [-0.05, 0) is 42.3 Å². The Morgan fingerprint density at radius 2 is 2.05 bits per heavy atom. The lowest BCUT2D eigenvalue weighted by Gasteiger charge is -2.20. The first-order chi connectivity index (χ1) is 9.24. The average molecular weight is 272 g/mol. The molecule has 1 aliphatic rings. The van der Waals surface area contributed by atoms with Crippen molar-refractivity contribution in [2.75, 3.05) is 0 Å². The first-order valence-corrected chi connectivity index (χ1v) is 7.75. The molecule has 0 saturated heterocycles. The van der Waals surface area contributed by atoms with Gasteiger partial charge in [-0.3, -0.25) is 0 Å². The van der Waals surface area contributed by atoms with E-state index >= 15 is 0 Å². The summed E-state index contributed by atoms with van der Waals surface area (Å²) < 4.78 is 0. The topological polar surface area (TPSA) is 38.0 Å². The second-order valence-electron chi connectivity index (χ2n) is 5.37. The molecule has 3 heteroatoms. The van der Waals surface area contributed by atoms with Crippen LogP contribution in [-0.4, -0.2) is 6.04 Å². The maximum absolute atomic E-state index is 6.21. The highest BCUT2D eigenvalue weighted by Gasteiger charge is 2.28. The fourth-order valence-corrected chi connectivity index (χ4v) is 3.80. The van der Waals surface area contributed by atoms with E-state index in [9.17, 15) is 0 Å². The van der Waals surface area contributed by atoms with Crippen LogP contribution in [0, 0.1) is 0 Å². The van der Waals surface area contributed by atoms with Crippen molar-refractivity contribution in [3.63, 3.8) is 0 Å². The third-order valence-electron chi connectivity index (χ3n) is 3.83. The van der Waals surface area contributed by atoms with E-state index in [4.69, 9.17) is 5.73 Å². The molecule has 0 aliphatic heterocycles. The third kappa shape index (κ3) is 2.73. The largest absolute Gasteiger partial charge is 0.324 e. The van der Waals surface area contributed by atoms with Gasteiger partial charge in [0.15, 0.2) is 0 Å². The van der Waals surface area contributed by atoms with Gasteiger partial charge >= 0.3 is 0 Å². The van der Waals surface area contributed by atoms with E-state index in [0.29, 0.717) is 12.1 Å². The molecule has 0 spiro atoms. The molecular formula is C16H20N2S. The van der Waals surface area contributed by atoms with Gasteiger partial charge in [-0.15, -0.1) is 11.3 Å².